The molecule has 0 bridgehead atoms. The maximum atomic E-state index is 13.4. The molecule has 39 heavy (non-hydrogen) atoms. The Labute approximate surface area is 232 Å². The molecule has 0 spiro atoms. The lowest BCUT2D eigenvalue weighted by molar-refractivity contribution is -0.140. The fourth-order valence-electron chi connectivity index (χ4n) is 4.39. The van der Waals surface area contributed by atoms with Gasteiger partial charge in [0.15, 0.2) is 17.3 Å². The fourth-order valence-corrected chi connectivity index (χ4v) is 6.76. The maximum Gasteiger partial charge on any atom is 0.323 e. The van der Waals surface area contributed by atoms with Crippen molar-refractivity contribution in [3.63, 3.8) is 0 Å². The van der Waals surface area contributed by atoms with E-state index in [-0.39, 0.29) is 39.6 Å². The summed E-state index contributed by atoms with van der Waals surface area (Å²) in [6.07, 6.45) is 3.16. The van der Waals surface area contributed by atoms with Crippen molar-refractivity contribution in [3.8, 4) is 17.4 Å². The second kappa shape index (κ2) is 9.32. The number of carboxylic acid groups (broad SMARTS) is 2. The Morgan fingerprint density at radius 2 is 1.79 bits per heavy atom. The number of benzene rings is 1. The van der Waals surface area contributed by atoms with Crippen LogP contribution in [0.1, 0.15) is 17.7 Å². The van der Waals surface area contributed by atoms with Gasteiger partial charge < -0.3 is 34.9 Å². The highest BCUT2D eigenvalue weighted by Gasteiger charge is 2.40. The number of carbonyl (C=O) groups is 3. The predicted molar refractivity (Wildman–Crippen MR) is 139 cm³/mol. The highest BCUT2D eigenvalue weighted by Crippen LogP contribution is 2.55. The van der Waals surface area contributed by atoms with Crippen LogP contribution in [0.25, 0.3) is 0 Å². The Bertz CT molecular complexity index is 1620. The van der Waals surface area contributed by atoms with Crippen molar-refractivity contribution in [2.24, 2.45) is 10.9 Å². The second-order valence-electron chi connectivity index (χ2n) is 8.87. The summed E-state index contributed by atoms with van der Waals surface area (Å²) in [5, 5.41) is 39.9. The molecule has 1 saturated carbocycles. The Morgan fingerprint density at radius 3 is 2.41 bits per heavy atom. The van der Waals surface area contributed by atoms with E-state index in [0.29, 0.717) is 32.5 Å². The number of carboxylic acids is 2. The van der Waals surface area contributed by atoms with E-state index in [1.165, 1.54) is 17.8 Å². The molecular weight excluding hydrogens is 572 g/mol. The van der Waals surface area contributed by atoms with Gasteiger partial charge in [-0.3, -0.25) is 19.3 Å². The van der Waals surface area contributed by atoms with Crippen molar-refractivity contribution in [1.82, 2.24) is 9.63 Å². The molecule has 4 aliphatic rings. The van der Waals surface area contributed by atoms with Gasteiger partial charge in [-0.25, -0.2) is 4.99 Å². The van der Waals surface area contributed by atoms with Gasteiger partial charge in [0, 0.05) is 17.0 Å². The third-order valence-electron chi connectivity index (χ3n) is 6.26. The normalized spacial score (nSPS) is 20.1. The van der Waals surface area contributed by atoms with Crippen LogP contribution < -0.4 is 14.4 Å². The quantitative estimate of drug-likeness (QED) is 0.211. The average molecular weight is 591 g/mol. The number of thiazole rings is 1. The molecule has 16 heteroatoms. The molecule has 1 amide bonds. The van der Waals surface area contributed by atoms with Crippen LogP contribution in [0.15, 0.2) is 44.4 Å². The number of aromatic hydroxyl groups is 1. The van der Waals surface area contributed by atoms with Crippen LogP contribution in [-0.4, -0.2) is 73.7 Å². The monoisotopic (exact) mass is 590 g/mol. The molecule has 4 N–H and O–H groups in total. The van der Waals surface area contributed by atoms with Crippen molar-refractivity contribution in [2.45, 2.75) is 17.7 Å². The SMILES string of the molecule is O=C(O)CN1C(=O)C(=CC(=C2Sc3cc4c(cc3N2CC(=O)O)OCO4)C2CC2)N=C1c1sc(=S)n(O)c1O. The topological polar surface area (TPSA) is 174 Å². The lowest BCUT2D eigenvalue weighted by Crippen LogP contribution is -2.36. The Balaban J connectivity index is 1.47. The number of aromatic nitrogens is 1. The number of amides is 1. The Hall–Kier alpha value is -4.02. The van der Waals surface area contributed by atoms with Crippen molar-refractivity contribution in [1.29, 1.82) is 0 Å². The van der Waals surface area contributed by atoms with E-state index < -0.39 is 30.3 Å². The van der Waals surface area contributed by atoms with Gasteiger partial charge in [0.1, 0.15) is 23.7 Å². The summed E-state index contributed by atoms with van der Waals surface area (Å²) >= 11 is 7.08. The molecule has 1 aromatic carbocycles. The molecule has 3 aliphatic heterocycles. The minimum atomic E-state index is -1.31. The van der Waals surface area contributed by atoms with E-state index in [1.54, 1.807) is 17.0 Å². The number of thioether (sulfide) groups is 1. The number of aliphatic carboxylic acids is 2. The van der Waals surface area contributed by atoms with Gasteiger partial charge in [-0.2, -0.15) is 0 Å². The van der Waals surface area contributed by atoms with Crippen LogP contribution >= 0.6 is 35.3 Å². The number of aliphatic imine (C=N–C) groups is 1. The van der Waals surface area contributed by atoms with Gasteiger partial charge in [-0.05, 0) is 42.6 Å². The summed E-state index contributed by atoms with van der Waals surface area (Å²) in [6, 6.07) is 3.50. The molecule has 1 aliphatic carbocycles. The fraction of sp³-hybridized carbons (Fsp3) is 0.261. The van der Waals surface area contributed by atoms with Gasteiger partial charge in [-0.15, -0.1) is 4.73 Å². The molecule has 2 aromatic rings. The molecule has 13 nitrogen and oxygen atoms in total. The summed E-state index contributed by atoms with van der Waals surface area (Å²) in [6.45, 7) is -1.01. The highest BCUT2D eigenvalue weighted by atomic mass is 32.2. The van der Waals surface area contributed by atoms with Crippen molar-refractivity contribution in [3.05, 3.63) is 43.3 Å². The van der Waals surface area contributed by atoms with Crippen LogP contribution in [0, 0.1) is 9.87 Å². The molecule has 1 fully saturated rings. The van der Waals surface area contributed by atoms with E-state index in [2.05, 4.69) is 4.99 Å². The van der Waals surface area contributed by atoms with Crippen LogP contribution in [0.5, 0.6) is 17.4 Å². The average Bonchev–Trinajstić information content (AvgIpc) is 3.33. The second-order valence-corrected chi connectivity index (χ2v) is 11.5. The first-order valence-electron chi connectivity index (χ1n) is 11.5. The van der Waals surface area contributed by atoms with Crippen molar-refractivity contribution >= 4 is 64.7 Å². The largest absolute Gasteiger partial charge is 0.491 e. The van der Waals surface area contributed by atoms with E-state index in [0.717, 1.165) is 34.0 Å². The molecule has 0 saturated heterocycles. The Kier molecular flexibility index (Phi) is 6.04. The molecule has 0 radical (unpaired) electrons. The van der Waals surface area contributed by atoms with Gasteiger partial charge in [0.25, 0.3) is 5.91 Å². The maximum absolute atomic E-state index is 13.4. The number of hydrogen-bond acceptors (Lipinski definition) is 12. The Morgan fingerprint density at radius 1 is 1.13 bits per heavy atom. The van der Waals surface area contributed by atoms with Gasteiger partial charge in [0.2, 0.25) is 16.6 Å². The first-order valence-corrected chi connectivity index (χ1v) is 13.5. The third kappa shape index (κ3) is 4.39. The number of amidine groups is 1. The van der Waals surface area contributed by atoms with Crippen LogP contribution in [0.4, 0.5) is 5.69 Å². The number of anilines is 1. The zero-order valence-corrected chi connectivity index (χ0v) is 22.1. The number of allylic oxidation sites excluding steroid dienone is 2. The molecule has 1 aromatic heterocycles. The van der Waals surface area contributed by atoms with Gasteiger partial charge >= 0.3 is 11.9 Å². The van der Waals surface area contributed by atoms with Crippen LogP contribution in [0.3, 0.4) is 0 Å². The van der Waals surface area contributed by atoms with Gasteiger partial charge in [-0.1, -0.05) is 23.1 Å². The summed E-state index contributed by atoms with van der Waals surface area (Å²) in [5.74, 6) is -2.84. The smallest absolute Gasteiger partial charge is 0.323 e. The van der Waals surface area contributed by atoms with E-state index in [1.807, 2.05) is 0 Å². The zero-order valence-electron chi connectivity index (χ0n) is 19.7. The first kappa shape index (κ1) is 25.3. The molecule has 4 heterocycles. The predicted octanol–water partition coefficient (Wildman–Crippen LogP) is 2.83. The van der Waals surface area contributed by atoms with E-state index >= 15 is 0 Å². The number of rotatable bonds is 7. The molecule has 0 unspecified atom stereocenters. The van der Waals surface area contributed by atoms with E-state index in [9.17, 15) is 34.9 Å². The highest BCUT2D eigenvalue weighted by molar-refractivity contribution is 8.03. The van der Waals surface area contributed by atoms with Crippen molar-refractivity contribution in [2.75, 3.05) is 24.8 Å². The summed E-state index contributed by atoms with van der Waals surface area (Å²) < 4.78 is 11.2. The van der Waals surface area contributed by atoms with Crippen molar-refractivity contribution < 1.29 is 44.4 Å². The van der Waals surface area contributed by atoms with Gasteiger partial charge in [0.05, 0.1) is 10.7 Å². The summed E-state index contributed by atoms with van der Waals surface area (Å²) in [7, 11) is 0. The van der Waals surface area contributed by atoms with Crippen LogP contribution in [-0.2, 0) is 14.4 Å². The minimum Gasteiger partial charge on any atom is -0.491 e. The molecule has 0 atom stereocenters. The zero-order chi connectivity index (χ0) is 27.6. The molecule has 6 rings (SSSR count). The van der Waals surface area contributed by atoms with E-state index in [4.69, 9.17) is 21.7 Å². The number of carbonyl (C=O) groups excluding carboxylic acids is 1. The van der Waals surface area contributed by atoms with Crippen LogP contribution in [0.2, 0.25) is 0 Å². The summed E-state index contributed by atoms with van der Waals surface area (Å²) in [4.78, 5) is 44.3. The third-order valence-corrected chi connectivity index (χ3v) is 8.79. The number of hydrogen-bond donors (Lipinski definition) is 4. The first-order chi connectivity index (χ1) is 18.6. The minimum absolute atomic E-state index is 0.0268. The number of nitrogens with zero attached hydrogens (tertiary/aromatic N) is 4. The standard InChI is InChI=1S/C23H18N4O9S3/c28-16(29)6-25-12-4-13-14(36-8-35-13)5-15(12)38-22(25)10(9-1-2-9)3-11-20(32)26(7-17(30)31)19(24-11)18-21(33)27(34)23(37)39-18/h3-5,9,33-34H,1-2,6-8H2,(H,28,29)(H,30,31). The lowest BCUT2D eigenvalue weighted by atomic mass is 10.1. The summed E-state index contributed by atoms with van der Waals surface area (Å²) in [5.41, 5.74) is 1.21. The molecular formula is C23H18N4O9S3. The lowest BCUT2D eigenvalue weighted by Gasteiger charge is -2.21. The number of ether oxygens (including phenoxy) is 2. The molecule has 202 valence electrons. The number of fused-ring (bicyclic) bond motifs is 2.